The van der Waals surface area contributed by atoms with Gasteiger partial charge in [0.1, 0.15) is 5.56 Å². The van der Waals surface area contributed by atoms with Crippen molar-refractivity contribution < 1.29 is 14.3 Å². The first-order chi connectivity index (χ1) is 13.0. The largest absolute Gasteiger partial charge is 0.462 e. The zero-order valence-corrected chi connectivity index (χ0v) is 16.0. The van der Waals surface area contributed by atoms with Crippen molar-refractivity contribution in [2.24, 2.45) is 5.92 Å². The predicted octanol–water partition coefficient (Wildman–Crippen LogP) is 2.97. The summed E-state index contributed by atoms with van der Waals surface area (Å²) < 4.78 is 6.50. The van der Waals surface area contributed by atoms with E-state index in [9.17, 15) is 9.59 Å². The zero-order chi connectivity index (χ0) is 19.4. The van der Waals surface area contributed by atoms with Crippen molar-refractivity contribution in [3.8, 4) is 5.95 Å². The summed E-state index contributed by atoms with van der Waals surface area (Å²) in [6, 6.07) is 1.85. The number of nitrogens with one attached hydrogen (secondary N) is 1. The molecule has 2 aromatic rings. The lowest BCUT2D eigenvalue weighted by Gasteiger charge is -2.21. The number of hydrogen-bond acceptors (Lipinski definition) is 6. The van der Waals surface area contributed by atoms with Crippen LogP contribution in [0.4, 0.5) is 5.82 Å². The third-order valence-electron chi connectivity index (χ3n) is 4.64. The van der Waals surface area contributed by atoms with Crippen LogP contribution in [0.1, 0.15) is 60.8 Å². The molecule has 0 aromatic carbocycles. The number of esters is 1. The van der Waals surface area contributed by atoms with E-state index in [0.29, 0.717) is 5.95 Å². The Morgan fingerprint density at radius 1 is 1.19 bits per heavy atom. The number of aromatic nitrogens is 4. The van der Waals surface area contributed by atoms with Crippen LogP contribution in [-0.2, 0) is 9.53 Å². The minimum Gasteiger partial charge on any atom is -0.462 e. The molecule has 1 amide bonds. The summed E-state index contributed by atoms with van der Waals surface area (Å²) in [6.45, 7) is 5.68. The second-order valence-corrected chi connectivity index (χ2v) is 6.81. The average Bonchev–Trinajstić information content (AvgIpc) is 3.05. The maximum absolute atomic E-state index is 12.8. The number of carbonyl (C=O) groups is 2. The molecule has 27 heavy (non-hydrogen) atoms. The topological polar surface area (TPSA) is 99.0 Å². The molecule has 1 fully saturated rings. The van der Waals surface area contributed by atoms with Crippen molar-refractivity contribution >= 4 is 17.7 Å². The number of nitrogens with zero attached hydrogens (tertiary/aromatic N) is 4. The van der Waals surface area contributed by atoms with E-state index in [1.165, 1.54) is 10.9 Å². The number of anilines is 1. The molecule has 0 aliphatic heterocycles. The highest BCUT2D eigenvalue weighted by Gasteiger charge is 2.27. The van der Waals surface area contributed by atoms with Crippen LogP contribution in [0.25, 0.3) is 5.95 Å². The molecule has 1 N–H and O–H groups in total. The van der Waals surface area contributed by atoms with Crippen LogP contribution in [0.15, 0.2) is 12.3 Å². The molecule has 0 unspecified atom stereocenters. The van der Waals surface area contributed by atoms with Gasteiger partial charge in [0.15, 0.2) is 5.82 Å². The molecule has 0 atom stereocenters. The number of carbonyl (C=O) groups excluding carboxylic acids is 2. The van der Waals surface area contributed by atoms with Gasteiger partial charge in [0.25, 0.3) is 5.95 Å². The molecule has 8 nitrogen and oxygen atoms in total. The molecule has 2 aromatic heterocycles. The highest BCUT2D eigenvalue weighted by molar-refractivity contribution is 6.01. The molecule has 1 aliphatic carbocycles. The molecule has 2 heterocycles. The number of amides is 1. The van der Waals surface area contributed by atoms with Gasteiger partial charge in [0.05, 0.1) is 12.8 Å². The van der Waals surface area contributed by atoms with Crippen LogP contribution in [0.3, 0.4) is 0 Å². The molecular formula is C19H25N5O3. The van der Waals surface area contributed by atoms with Crippen molar-refractivity contribution in [2.45, 2.75) is 52.9 Å². The summed E-state index contributed by atoms with van der Waals surface area (Å²) in [6.07, 6.45) is 6.34. The van der Waals surface area contributed by atoms with Gasteiger partial charge in [-0.05, 0) is 39.7 Å². The van der Waals surface area contributed by atoms with Gasteiger partial charge < -0.3 is 10.1 Å². The third kappa shape index (κ3) is 4.32. The summed E-state index contributed by atoms with van der Waals surface area (Å²) in [5.41, 5.74) is 1.74. The molecule has 0 radical (unpaired) electrons. The summed E-state index contributed by atoms with van der Waals surface area (Å²) in [5, 5.41) is 7.13. The lowest BCUT2D eigenvalue weighted by molar-refractivity contribution is -0.120. The molecule has 0 bridgehead atoms. The zero-order valence-electron chi connectivity index (χ0n) is 16.0. The quantitative estimate of drug-likeness (QED) is 0.811. The summed E-state index contributed by atoms with van der Waals surface area (Å²) in [7, 11) is 0. The Balaban J connectivity index is 1.98. The predicted molar refractivity (Wildman–Crippen MR) is 99.8 cm³/mol. The van der Waals surface area contributed by atoms with Crippen molar-refractivity contribution in [1.29, 1.82) is 0 Å². The van der Waals surface area contributed by atoms with E-state index < -0.39 is 5.97 Å². The van der Waals surface area contributed by atoms with E-state index in [2.05, 4.69) is 20.4 Å². The summed E-state index contributed by atoms with van der Waals surface area (Å²) in [5.74, 6) is -0.133. The normalized spacial score (nSPS) is 14.8. The van der Waals surface area contributed by atoms with E-state index in [4.69, 9.17) is 4.74 Å². The number of ether oxygens (including phenoxy) is 1. The van der Waals surface area contributed by atoms with Crippen LogP contribution in [0, 0.1) is 19.8 Å². The molecule has 3 rings (SSSR count). The fraction of sp³-hybridized carbons (Fsp3) is 0.526. The number of hydrogen-bond donors (Lipinski definition) is 1. The van der Waals surface area contributed by atoms with Crippen LogP contribution in [0.5, 0.6) is 0 Å². The monoisotopic (exact) mass is 371 g/mol. The van der Waals surface area contributed by atoms with Crippen LogP contribution in [0.2, 0.25) is 0 Å². The van der Waals surface area contributed by atoms with E-state index in [1.54, 1.807) is 6.92 Å². The Bertz CT molecular complexity index is 820. The van der Waals surface area contributed by atoms with Crippen molar-refractivity contribution in [2.75, 3.05) is 11.9 Å². The van der Waals surface area contributed by atoms with Crippen LogP contribution < -0.4 is 5.32 Å². The van der Waals surface area contributed by atoms with Crippen LogP contribution >= 0.6 is 0 Å². The van der Waals surface area contributed by atoms with E-state index in [0.717, 1.165) is 43.5 Å². The van der Waals surface area contributed by atoms with E-state index in [-0.39, 0.29) is 29.8 Å². The molecule has 1 saturated carbocycles. The Morgan fingerprint density at radius 3 is 2.48 bits per heavy atom. The lowest BCUT2D eigenvalue weighted by atomic mass is 9.88. The van der Waals surface area contributed by atoms with Crippen molar-refractivity contribution in [1.82, 2.24) is 19.7 Å². The molecular weight excluding hydrogens is 346 g/mol. The standard InChI is InChI=1S/C19H25N5O3/c1-4-27-18(26)15-11-20-24(19-21-12(2)10-13(3)22-19)16(15)23-17(25)14-8-6-5-7-9-14/h10-11,14H,4-9H2,1-3H3,(H,23,25). The molecule has 8 heteroatoms. The van der Waals surface area contributed by atoms with Gasteiger partial charge >= 0.3 is 5.97 Å². The average molecular weight is 371 g/mol. The Hall–Kier alpha value is -2.77. The number of rotatable bonds is 5. The van der Waals surface area contributed by atoms with Gasteiger partial charge in [0.2, 0.25) is 5.91 Å². The Kier molecular flexibility index (Phi) is 5.83. The molecule has 1 aliphatic rings. The first-order valence-corrected chi connectivity index (χ1v) is 9.38. The van der Waals surface area contributed by atoms with Gasteiger partial charge in [-0.15, -0.1) is 0 Å². The third-order valence-corrected chi connectivity index (χ3v) is 4.64. The molecule has 144 valence electrons. The second kappa shape index (κ2) is 8.28. The minimum atomic E-state index is -0.535. The van der Waals surface area contributed by atoms with Gasteiger partial charge in [-0.3, -0.25) is 4.79 Å². The van der Waals surface area contributed by atoms with Crippen molar-refractivity contribution in [3.63, 3.8) is 0 Å². The maximum Gasteiger partial charge on any atom is 0.343 e. The highest BCUT2D eigenvalue weighted by Crippen LogP contribution is 2.27. The SMILES string of the molecule is CCOC(=O)c1cnn(-c2nc(C)cc(C)n2)c1NC(=O)C1CCCCC1. The smallest absolute Gasteiger partial charge is 0.343 e. The lowest BCUT2D eigenvalue weighted by Crippen LogP contribution is -2.27. The first-order valence-electron chi connectivity index (χ1n) is 9.38. The van der Waals surface area contributed by atoms with E-state index >= 15 is 0 Å². The fourth-order valence-corrected chi connectivity index (χ4v) is 3.36. The van der Waals surface area contributed by atoms with Gasteiger partial charge in [-0.2, -0.15) is 9.78 Å². The van der Waals surface area contributed by atoms with Crippen LogP contribution in [-0.4, -0.2) is 38.2 Å². The van der Waals surface area contributed by atoms with Gasteiger partial charge in [-0.25, -0.2) is 14.8 Å². The summed E-state index contributed by atoms with van der Waals surface area (Å²) in [4.78, 5) is 33.9. The van der Waals surface area contributed by atoms with Gasteiger partial charge in [-0.1, -0.05) is 19.3 Å². The summed E-state index contributed by atoms with van der Waals surface area (Å²) >= 11 is 0. The van der Waals surface area contributed by atoms with Gasteiger partial charge in [0, 0.05) is 17.3 Å². The Morgan fingerprint density at radius 2 is 1.85 bits per heavy atom. The number of aryl methyl sites for hydroxylation is 2. The fourth-order valence-electron chi connectivity index (χ4n) is 3.36. The maximum atomic E-state index is 12.8. The Labute approximate surface area is 158 Å². The van der Waals surface area contributed by atoms with Crippen molar-refractivity contribution in [3.05, 3.63) is 29.2 Å². The first kappa shape index (κ1) is 19.0. The second-order valence-electron chi connectivity index (χ2n) is 6.81. The van der Waals surface area contributed by atoms with E-state index in [1.807, 2.05) is 19.9 Å². The molecule has 0 spiro atoms. The highest BCUT2D eigenvalue weighted by atomic mass is 16.5. The minimum absolute atomic E-state index is 0.0580. The molecule has 0 saturated heterocycles.